The molecule has 0 unspecified atom stereocenters. The molecule has 0 saturated carbocycles. The van der Waals surface area contributed by atoms with Crippen LogP contribution in [-0.2, 0) is 10.6 Å². The third-order valence-corrected chi connectivity index (χ3v) is 2.41. The third kappa shape index (κ3) is 2.00. The van der Waals surface area contributed by atoms with Crippen molar-refractivity contribution in [2.24, 2.45) is 0 Å². The van der Waals surface area contributed by atoms with Crippen LogP contribution in [0.25, 0.3) is 0 Å². The molecule has 1 aromatic heterocycles. The van der Waals surface area contributed by atoms with Crippen LogP contribution in [0.4, 0.5) is 0 Å². The van der Waals surface area contributed by atoms with Crippen molar-refractivity contribution in [1.29, 1.82) is 0 Å². The van der Waals surface area contributed by atoms with Gasteiger partial charge in [-0.3, -0.25) is 0 Å². The number of ether oxygens (including phenoxy) is 1. The first-order chi connectivity index (χ1) is 6.40. The van der Waals surface area contributed by atoms with Crippen molar-refractivity contribution < 1.29 is 9.26 Å². The molecule has 2 rings (SSSR count). The number of nitrogens with zero attached hydrogens (tertiary/aromatic N) is 2. The predicted molar refractivity (Wildman–Crippen MR) is 46.6 cm³/mol. The Morgan fingerprint density at radius 3 is 2.77 bits per heavy atom. The average Bonchev–Trinajstić information content (AvgIpc) is 2.67. The molecule has 72 valence electrons. The zero-order valence-corrected chi connectivity index (χ0v) is 7.96. The molecule has 0 bridgehead atoms. The molecular formula is C8H11ClN2O2. The summed E-state index contributed by atoms with van der Waals surface area (Å²) in [6.07, 6.45) is 1.92. The summed E-state index contributed by atoms with van der Waals surface area (Å²) >= 11 is 5.57. The topological polar surface area (TPSA) is 48.2 Å². The first-order valence-electron chi connectivity index (χ1n) is 4.36. The second-order valence-electron chi connectivity index (χ2n) is 3.07. The van der Waals surface area contributed by atoms with Crippen LogP contribution in [0.15, 0.2) is 4.52 Å². The van der Waals surface area contributed by atoms with Crippen LogP contribution in [0.5, 0.6) is 0 Å². The molecule has 0 atom stereocenters. The maximum absolute atomic E-state index is 5.57. The van der Waals surface area contributed by atoms with Crippen LogP contribution in [0.3, 0.4) is 0 Å². The van der Waals surface area contributed by atoms with E-state index in [0.717, 1.165) is 26.1 Å². The van der Waals surface area contributed by atoms with Gasteiger partial charge in [0.05, 0.1) is 5.88 Å². The van der Waals surface area contributed by atoms with Crippen molar-refractivity contribution in [2.75, 3.05) is 13.2 Å². The van der Waals surface area contributed by atoms with E-state index >= 15 is 0 Å². The summed E-state index contributed by atoms with van der Waals surface area (Å²) in [6.45, 7) is 1.56. The van der Waals surface area contributed by atoms with Gasteiger partial charge in [0.15, 0.2) is 5.82 Å². The fourth-order valence-corrected chi connectivity index (χ4v) is 1.54. The van der Waals surface area contributed by atoms with Gasteiger partial charge in [0.25, 0.3) is 0 Å². The van der Waals surface area contributed by atoms with Crippen molar-refractivity contribution >= 4 is 11.6 Å². The highest BCUT2D eigenvalue weighted by Gasteiger charge is 2.21. The summed E-state index contributed by atoms with van der Waals surface area (Å²) in [5.41, 5.74) is 0. The van der Waals surface area contributed by atoms with E-state index in [2.05, 4.69) is 10.1 Å². The summed E-state index contributed by atoms with van der Waals surface area (Å²) in [7, 11) is 0. The van der Waals surface area contributed by atoms with E-state index in [0.29, 0.717) is 23.5 Å². The Morgan fingerprint density at radius 2 is 2.15 bits per heavy atom. The Labute approximate surface area is 81.2 Å². The normalized spacial score (nSPS) is 19.2. The molecule has 13 heavy (non-hydrogen) atoms. The quantitative estimate of drug-likeness (QED) is 0.685. The number of aromatic nitrogens is 2. The molecule has 0 aliphatic carbocycles. The molecule has 0 aromatic carbocycles. The van der Waals surface area contributed by atoms with E-state index in [4.69, 9.17) is 20.9 Å². The van der Waals surface area contributed by atoms with E-state index < -0.39 is 0 Å². The van der Waals surface area contributed by atoms with Crippen molar-refractivity contribution in [3.63, 3.8) is 0 Å². The minimum atomic E-state index is 0.312. The smallest absolute Gasteiger partial charge is 0.229 e. The third-order valence-electron chi connectivity index (χ3n) is 2.17. The largest absolute Gasteiger partial charge is 0.381 e. The minimum Gasteiger partial charge on any atom is -0.381 e. The maximum Gasteiger partial charge on any atom is 0.229 e. The Bertz CT molecular complexity index is 271. The van der Waals surface area contributed by atoms with E-state index in [1.165, 1.54) is 0 Å². The van der Waals surface area contributed by atoms with E-state index in [1.54, 1.807) is 0 Å². The fraction of sp³-hybridized carbons (Fsp3) is 0.750. The van der Waals surface area contributed by atoms with Crippen molar-refractivity contribution in [3.8, 4) is 0 Å². The summed E-state index contributed by atoms with van der Waals surface area (Å²) in [5.74, 6) is 1.95. The van der Waals surface area contributed by atoms with Crippen LogP contribution >= 0.6 is 11.6 Å². The summed E-state index contributed by atoms with van der Waals surface area (Å²) in [4.78, 5) is 4.19. The molecule has 5 heteroatoms. The number of alkyl halides is 1. The predicted octanol–water partition coefficient (Wildman–Crippen LogP) is 1.70. The molecule has 1 aliphatic rings. The van der Waals surface area contributed by atoms with Gasteiger partial charge in [-0.15, -0.1) is 11.6 Å². The van der Waals surface area contributed by atoms with Gasteiger partial charge in [0.1, 0.15) is 0 Å². The lowest BCUT2D eigenvalue weighted by Crippen LogP contribution is -2.14. The van der Waals surface area contributed by atoms with Gasteiger partial charge in [-0.1, -0.05) is 5.16 Å². The van der Waals surface area contributed by atoms with Gasteiger partial charge >= 0.3 is 0 Å². The fourth-order valence-electron chi connectivity index (χ4n) is 1.43. The van der Waals surface area contributed by atoms with Crippen molar-refractivity contribution in [3.05, 3.63) is 11.7 Å². The number of hydrogen-bond donors (Lipinski definition) is 0. The standard InChI is InChI=1S/C8H11ClN2O2/c9-5-7-10-8(13-11-7)6-1-3-12-4-2-6/h6H,1-5H2. The van der Waals surface area contributed by atoms with Crippen LogP contribution in [0.2, 0.25) is 0 Å². The molecule has 0 amide bonds. The molecule has 4 nitrogen and oxygen atoms in total. The molecule has 0 N–H and O–H groups in total. The SMILES string of the molecule is ClCc1noc(C2CCOCC2)n1. The van der Waals surface area contributed by atoms with Gasteiger partial charge < -0.3 is 9.26 Å². The Morgan fingerprint density at radius 1 is 1.38 bits per heavy atom. The van der Waals surface area contributed by atoms with Gasteiger partial charge in [-0.25, -0.2) is 0 Å². The molecule has 1 aromatic rings. The first kappa shape index (κ1) is 8.97. The molecule has 1 aliphatic heterocycles. The highest BCUT2D eigenvalue weighted by molar-refractivity contribution is 6.16. The Hall–Kier alpha value is -0.610. The lowest BCUT2D eigenvalue weighted by Gasteiger charge is -2.17. The monoisotopic (exact) mass is 202 g/mol. The Kier molecular flexibility index (Phi) is 2.80. The lowest BCUT2D eigenvalue weighted by molar-refractivity contribution is 0.0778. The van der Waals surface area contributed by atoms with Crippen LogP contribution in [0, 0.1) is 0 Å². The molecule has 2 heterocycles. The second kappa shape index (κ2) is 4.07. The minimum absolute atomic E-state index is 0.312. The highest BCUT2D eigenvalue weighted by atomic mass is 35.5. The lowest BCUT2D eigenvalue weighted by atomic mass is 10.0. The summed E-state index contributed by atoms with van der Waals surface area (Å²) < 4.78 is 10.3. The van der Waals surface area contributed by atoms with Gasteiger partial charge in [0, 0.05) is 19.1 Å². The van der Waals surface area contributed by atoms with Crippen molar-refractivity contribution in [1.82, 2.24) is 10.1 Å². The molecule has 0 spiro atoms. The van der Waals surface area contributed by atoms with E-state index in [-0.39, 0.29) is 0 Å². The number of hydrogen-bond acceptors (Lipinski definition) is 4. The van der Waals surface area contributed by atoms with Gasteiger partial charge in [0.2, 0.25) is 5.89 Å². The summed E-state index contributed by atoms with van der Waals surface area (Å²) in [6, 6.07) is 0. The van der Waals surface area contributed by atoms with E-state index in [1.807, 2.05) is 0 Å². The second-order valence-corrected chi connectivity index (χ2v) is 3.34. The van der Waals surface area contributed by atoms with Crippen LogP contribution < -0.4 is 0 Å². The van der Waals surface area contributed by atoms with Gasteiger partial charge in [-0.2, -0.15) is 4.98 Å². The van der Waals surface area contributed by atoms with Gasteiger partial charge in [-0.05, 0) is 12.8 Å². The molecular weight excluding hydrogens is 192 g/mol. The molecule has 1 saturated heterocycles. The first-order valence-corrected chi connectivity index (χ1v) is 4.90. The number of halogens is 1. The maximum atomic E-state index is 5.57. The highest BCUT2D eigenvalue weighted by Crippen LogP contribution is 2.25. The molecule has 1 fully saturated rings. The zero-order chi connectivity index (χ0) is 9.10. The molecule has 0 radical (unpaired) electrons. The zero-order valence-electron chi connectivity index (χ0n) is 7.20. The van der Waals surface area contributed by atoms with Crippen LogP contribution in [-0.4, -0.2) is 23.4 Å². The summed E-state index contributed by atoms with van der Waals surface area (Å²) in [5, 5.41) is 3.75. The van der Waals surface area contributed by atoms with Crippen LogP contribution in [0.1, 0.15) is 30.5 Å². The van der Waals surface area contributed by atoms with E-state index in [9.17, 15) is 0 Å². The van der Waals surface area contributed by atoms with Crippen molar-refractivity contribution in [2.45, 2.75) is 24.6 Å². The average molecular weight is 203 g/mol. The Balaban J connectivity index is 2.05. The number of rotatable bonds is 2.